The molecule has 4 aromatic carbocycles. The molecule has 4 heterocycles. The van der Waals surface area contributed by atoms with Gasteiger partial charge in [0.25, 0.3) is 0 Å². The van der Waals surface area contributed by atoms with Crippen molar-refractivity contribution in [2.75, 3.05) is 0 Å². The van der Waals surface area contributed by atoms with Crippen LogP contribution in [-0.2, 0) is 0 Å². The van der Waals surface area contributed by atoms with Crippen LogP contribution in [0.1, 0.15) is 33.6 Å². The largest absolute Gasteiger partial charge is 0.613 e. The van der Waals surface area contributed by atoms with Crippen molar-refractivity contribution in [2.24, 2.45) is 9.98 Å². The maximum absolute atomic E-state index is 6.94. The predicted octanol–water partition coefficient (Wildman–Crippen LogP) is 7.65. The SMILES string of the molecule is Cc1ccccc1-n1nc(C)c2c1OC1(Oc3ccccc3N=C2)Oc2ccccc2N=Cc2c(C)nn(-c3ccccc3C)c2O1. The molecule has 8 rings (SSSR count). The zero-order valence-corrected chi connectivity index (χ0v) is 26.2. The monoisotopic (exact) mass is 622 g/mol. The molecule has 0 unspecified atom stereocenters. The molecule has 0 atom stereocenters. The van der Waals surface area contributed by atoms with E-state index in [1.165, 1.54) is 0 Å². The first-order chi connectivity index (χ1) is 22.9. The summed E-state index contributed by atoms with van der Waals surface area (Å²) in [5.74, 6) is 1.37. The van der Waals surface area contributed by atoms with Gasteiger partial charge < -0.3 is 18.9 Å². The number of fused-ring (bicyclic) bond motifs is 4. The van der Waals surface area contributed by atoms with E-state index in [4.69, 9.17) is 39.1 Å². The first-order valence-corrected chi connectivity index (χ1v) is 15.2. The van der Waals surface area contributed by atoms with E-state index in [0.717, 1.165) is 22.5 Å². The molecule has 0 radical (unpaired) electrons. The van der Waals surface area contributed by atoms with Crippen LogP contribution in [-0.4, -0.2) is 38.1 Å². The van der Waals surface area contributed by atoms with Crippen LogP contribution in [0.2, 0.25) is 0 Å². The number of aryl methyl sites for hydroxylation is 4. The molecular formula is C37H30N6O4. The molecule has 2 aliphatic heterocycles. The van der Waals surface area contributed by atoms with Crippen molar-refractivity contribution < 1.29 is 18.9 Å². The molecule has 0 saturated carbocycles. The van der Waals surface area contributed by atoms with Crippen LogP contribution in [0.15, 0.2) is 107 Å². The first kappa shape index (κ1) is 28.3. The van der Waals surface area contributed by atoms with E-state index in [9.17, 15) is 0 Å². The van der Waals surface area contributed by atoms with Gasteiger partial charge in [-0.1, -0.05) is 60.7 Å². The molecule has 2 aliphatic rings. The fraction of sp³-hybridized carbons (Fsp3) is 0.135. The third-order valence-electron chi connectivity index (χ3n) is 8.12. The highest BCUT2D eigenvalue weighted by molar-refractivity contribution is 5.88. The van der Waals surface area contributed by atoms with E-state index in [1.807, 2.05) is 113 Å². The third-order valence-corrected chi connectivity index (χ3v) is 8.12. The standard InChI is InChI=1S/C37H30N6O4/c1-23-13-5-9-17-31(23)42-35-27(25(3)40-42)21-38-29-15-7-11-19-33(29)44-37(46-35)45-34-20-12-8-16-30(34)39-22-28-26(4)41-43(36(28)47-37)32-18-10-6-14-24(32)2/h5-22H,1-4H3. The number of aliphatic imine (C=N–C) groups is 2. The smallest absolute Gasteiger partial charge is 0.384 e. The summed E-state index contributed by atoms with van der Waals surface area (Å²) in [4.78, 5) is 9.62. The number of aromatic nitrogens is 4. The Bertz CT molecular complexity index is 2070. The Morgan fingerprint density at radius 3 is 1.34 bits per heavy atom. The second-order valence-electron chi connectivity index (χ2n) is 11.4. The molecule has 10 heteroatoms. The summed E-state index contributed by atoms with van der Waals surface area (Å²) in [6.07, 6.45) is 1.19. The van der Waals surface area contributed by atoms with Gasteiger partial charge in [0.2, 0.25) is 11.8 Å². The quantitative estimate of drug-likeness (QED) is 0.197. The van der Waals surface area contributed by atoms with Crippen molar-refractivity contribution in [3.8, 4) is 34.6 Å². The molecule has 0 saturated heterocycles. The van der Waals surface area contributed by atoms with Gasteiger partial charge in [0.15, 0.2) is 11.5 Å². The Kier molecular flexibility index (Phi) is 6.64. The van der Waals surface area contributed by atoms with Gasteiger partial charge in [0, 0.05) is 12.4 Å². The van der Waals surface area contributed by atoms with Crippen molar-refractivity contribution in [3.05, 3.63) is 131 Å². The van der Waals surface area contributed by atoms with Crippen molar-refractivity contribution in [1.82, 2.24) is 19.6 Å². The van der Waals surface area contributed by atoms with Gasteiger partial charge in [-0.3, -0.25) is 9.98 Å². The van der Waals surface area contributed by atoms with Gasteiger partial charge in [-0.25, -0.2) is 0 Å². The number of nitrogens with zero attached hydrogens (tertiary/aromatic N) is 6. The molecule has 232 valence electrons. The average molecular weight is 623 g/mol. The molecule has 47 heavy (non-hydrogen) atoms. The van der Waals surface area contributed by atoms with Crippen molar-refractivity contribution >= 4 is 23.8 Å². The zero-order valence-electron chi connectivity index (χ0n) is 26.2. The van der Waals surface area contributed by atoms with E-state index in [0.29, 0.717) is 57.1 Å². The molecule has 0 amide bonds. The lowest BCUT2D eigenvalue weighted by atomic mass is 10.2. The van der Waals surface area contributed by atoms with Crippen LogP contribution in [0.3, 0.4) is 0 Å². The maximum Gasteiger partial charge on any atom is 0.613 e. The number of hydrogen-bond donors (Lipinski definition) is 0. The summed E-state index contributed by atoms with van der Waals surface area (Å²) in [7, 11) is 0. The maximum atomic E-state index is 6.94. The Balaban J connectivity index is 1.43. The second kappa shape index (κ2) is 11.0. The van der Waals surface area contributed by atoms with Crippen LogP contribution in [0, 0.1) is 27.7 Å². The van der Waals surface area contributed by atoms with Crippen LogP contribution >= 0.6 is 0 Å². The van der Waals surface area contributed by atoms with E-state index >= 15 is 0 Å². The van der Waals surface area contributed by atoms with Gasteiger partial charge in [0.05, 0.1) is 33.9 Å². The minimum Gasteiger partial charge on any atom is -0.384 e. The summed E-state index contributed by atoms with van der Waals surface area (Å²) in [5.41, 5.74) is 7.34. The highest BCUT2D eigenvalue weighted by Gasteiger charge is 2.49. The Morgan fingerprint density at radius 1 is 0.489 bits per heavy atom. The summed E-state index contributed by atoms with van der Waals surface area (Å²) in [5, 5.41) is 9.79. The van der Waals surface area contributed by atoms with Gasteiger partial charge >= 0.3 is 6.16 Å². The first-order valence-electron chi connectivity index (χ1n) is 15.2. The van der Waals surface area contributed by atoms with Gasteiger partial charge in [-0.05, 0) is 75.2 Å². The van der Waals surface area contributed by atoms with Crippen LogP contribution in [0.25, 0.3) is 11.4 Å². The number of para-hydroxylation sites is 6. The fourth-order valence-electron chi connectivity index (χ4n) is 5.66. The lowest BCUT2D eigenvalue weighted by Gasteiger charge is -2.32. The van der Waals surface area contributed by atoms with Gasteiger partial charge in [-0.15, -0.1) is 0 Å². The van der Waals surface area contributed by atoms with Crippen molar-refractivity contribution in [3.63, 3.8) is 0 Å². The number of hydrogen-bond acceptors (Lipinski definition) is 8. The molecule has 6 aromatic rings. The topological polar surface area (TPSA) is 97.3 Å². The summed E-state index contributed by atoms with van der Waals surface area (Å²) in [6, 6.07) is 30.6. The molecule has 2 aromatic heterocycles. The molecular weight excluding hydrogens is 592 g/mol. The van der Waals surface area contributed by atoms with E-state index in [1.54, 1.807) is 33.9 Å². The van der Waals surface area contributed by atoms with Crippen LogP contribution < -0.4 is 18.9 Å². The number of ether oxygens (including phenoxy) is 4. The highest BCUT2D eigenvalue weighted by atomic mass is 17.0. The highest BCUT2D eigenvalue weighted by Crippen LogP contribution is 2.42. The predicted molar refractivity (Wildman–Crippen MR) is 179 cm³/mol. The third kappa shape index (κ3) is 4.91. The summed E-state index contributed by atoms with van der Waals surface area (Å²) in [6.45, 7) is 7.84. The lowest BCUT2D eigenvalue weighted by Crippen LogP contribution is -2.54. The Morgan fingerprint density at radius 2 is 0.894 bits per heavy atom. The molecule has 0 N–H and O–H groups in total. The van der Waals surface area contributed by atoms with Gasteiger partial charge in [-0.2, -0.15) is 19.6 Å². The molecule has 0 bridgehead atoms. The normalized spacial score (nSPS) is 16.3. The fourth-order valence-corrected chi connectivity index (χ4v) is 5.66. The lowest BCUT2D eigenvalue weighted by molar-refractivity contribution is -0.369. The van der Waals surface area contributed by atoms with E-state index in [-0.39, 0.29) is 0 Å². The van der Waals surface area contributed by atoms with Crippen LogP contribution in [0.4, 0.5) is 11.4 Å². The second-order valence-corrected chi connectivity index (χ2v) is 11.4. The molecule has 0 aliphatic carbocycles. The summed E-state index contributed by atoms with van der Waals surface area (Å²) >= 11 is 0. The molecule has 10 nitrogen and oxygen atoms in total. The molecule has 0 fully saturated rings. The Labute approximate surface area is 271 Å². The van der Waals surface area contributed by atoms with E-state index < -0.39 is 6.16 Å². The minimum absolute atomic E-state index is 0.311. The zero-order chi connectivity index (χ0) is 32.1. The van der Waals surface area contributed by atoms with Crippen molar-refractivity contribution in [2.45, 2.75) is 33.9 Å². The molecule has 1 spiro atoms. The van der Waals surface area contributed by atoms with Crippen molar-refractivity contribution in [1.29, 1.82) is 0 Å². The minimum atomic E-state index is -2.27. The number of benzene rings is 4. The number of rotatable bonds is 2. The van der Waals surface area contributed by atoms with Gasteiger partial charge in [0.1, 0.15) is 11.4 Å². The Hall–Kier alpha value is -6.16. The average Bonchev–Trinajstić information content (AvgIpc) is 3.57. The summed E-state index contributed by atoms with van der Waals surface area (Å²) < 4.78 is 30.8. The van der Waals surface area contributed by atoms with E-state index in [2.05, 4.69) is 0 Å². The van der Waals surface area contributed by atoms with Crippen LogP contribution in [0.5, 0.6) is 23.3 Å².